The number of amides is 1. The number of carbonyl (C=O) groups excluding carboxylic acids is 1. The Kier molecular flexibility index (Phi) is 5.73. The average molecular weight is 403 g/mol. The summed E-state index contributed by atoms with van der Waals surface area (Å²) in [4.78, 5) is 15.9. The maximum Gasteiger partial charge on any atom is 0.241 e. The van der Waals surface area contributed by atoms with Crippen molar-refractivity contribution in [1.82, 2.24) is 20.4 Å². The van der Waals surface area contributed by atoms with Gasteiger partial charge in [-0.1, -0.05) is 54.6 Å². The van der Waals surface area contributed by atoms with Crippen molar-refractivity contribution in [3.63, 3.8) is 0 Å². The summed E-state index contributed by atoms with van der Waals surface area (Å²) in [5, 5.41) is 10.5. The summed E-state index contributed by atoms with van der Waals surface area (Å²) in [5.74, 6) is 0.0919. The molecule has 0 radical (unpaired) electrons. The molecule has 5 nitrogen and oxygen atoms in total. The van der Waals surface area contributed by atoms with Gasteiger partial charge in [-0.05, 0) is 44.0 Å². The van der Waals surface area contributed by atoms with E-state index in [-0.39, 0.29) is 5.91 Å². The van der Waals surface area contributed by atoms with Crippen LogP contribution < -0.4 is 5.32 Å². The molecule has 0 atom stereocenters. The minimum Gasteiger partial charge on any atom is -0.350 e. The smallest absolute Gasteiger partial charge is 0.241 e. The lowest BCUT2D eigenvalue weighted by molar-refractivity contribution is -0.132. The first-order valence-corrected chi connectivity index (χ1v) is 10.6. The molecule has 0 saturated carbocycles. The topological polar surface area (TPSA) is 61.0 Å². The Morgan fingerprint density at radius 2 is 1.70 bits per heavy atom. The van der Waals surface area contributed by atoms with E-state index in [0.717, 1.165) is 42.8 Å². The molecule has 156 valence electrons. The van der Waals surface area contributed by atoms with E-state index in [2.05, 4.69) is 76.0 Å². The number of aromatic nitrogens is 2. The minimum absolute atomic E-state index is 0.0919. The number of hydrogen-bond donors (Lipinski definition) is 2. The average Bonchev–Trinajstić information content (AvgIpc) is 3.32. The highest BCUT2D eigenvalue weighted by molar-refractivity contribution is 5.88. The summed E-state index contributed by atoms with van der Waals surface area (Å²) in [7, 11) is 2.09. The Labute approximate surface area is 178 Å². The number of H-pyrrole nitrogens is 1. The molecule has 3 aromatic rings. The van der Waals surface area contributed by atoms with Gasteiger partial charge in [0.2, 0.25) is 5.91 Å². The van der Waals surface area contributed by atoms with Crippen LogP contribution in [-0.4, -0.2) is 40.1 Å². The molecule has 1 aliphatic carbocycles. The van der Waals surface area contributed by atoms with Gasteiger partial charge in [-0.3, -0.25) is 14.8 Å². The van der Waals surface area contributed by atoms with Crippen molar-refractivity contribution < 1.29 is 4.79 Å². The number of aryl methyl sites for hydroxylation is 2. The van der Waals surface area contributed by atoms with Crippen LogP contribution in [0.25, 0.3) is 0 Å². The Morgan fingerprint density at radius 1 is 1.07 bits per heavy atom. The fourth-order valence-corrected chi connectivity index (χ4v) is 4.52. The Morgan fingerprint density at radius 3 is 2.30 bits per heavy atom. The molecule has 1 amide bonds. The van der Waals surface area contributed by atoms with Gasteiger partial charge >= 0.3 is 0 Å². The van der Waals surface area contributed by atoms with Crippen LogP contribution in [0.3, 0.4) is 0 Å². The van der Waals surface area contributed by atoms with Crippen molar-refractivity contribution in [3.8, 4) is 0 Å². The maximum absolute atomic E-state index is 13.6. The van der Waals surface area contributed by atoms with Crippen LogP contribution in [0.15, 0.2) is 54.6 Å². The number of nitrogens with zero attached hydrogens (tertiary/aromatic N) is 2. The zero-order chi connectivity index (χ0) is 21.1. The van der Waals surface area contributed by atoms with Crippen LogP contribution in [0, 0.1) is 13.8 Å². The third-order valence-electron chi connectivity index (χ3n) is 6.52. The lowest BCUT2D eigenvalue weighted by Gasteiger charge is -2.37. The van der Waals surface area contributed by atoms with E-state index < -0.39 is 5.54 Å². The Balaban J connectivity index is 1.54. The van der Waals surface area contributed by atoms with Crippen LogP contribution in [-0.2, 0) is 30.6 Å². The van der Waals surface area contributed by atoms with Crippen LogP contribution in [0.1, 0.15) is 33.6 Å². The number of fused-ring (bicyclic) bond motifs is 1. The molecule has 1 aliphatic rings. The highest BCUT2D eigenvalue weighted by Gasteiger charge is 2.46. The Hall–Kier alpha value is -2.92. The molecular weight excluding hydrogens is 372 g/mol. The summed E-state index contributed by atoms with van der Waals surface area (Å²) in [6.07, 6.45) is 2.40. The van der Waals surface area contributed by atoms with Gasteiger partial charge in [0, 0.05) is 37.2 Å². The van der Waals surface area contributed by atoms with Crippen LogP contribution in [0.4, 0.5) is 0 Å². The van der Waals surface area contributed by atoms with Gasteiger partial charge in [-0.15, -0.1) is 0 Å². The fraction of sp³-hybridized carbons (Fsp3) is 0.360. The summed E-state index contributed by atoms with van der Waals surface area (Å²) >= 11 is 0. The maximum atomic E-state index is 13.6. The van der Waals surface area contributed by atoms with Gasteiger partial charge in [0.05, 0.1) is 5.69 Å². The van der Waals surface area contributed by atoms with Crippen molar-refractivity contribution in [3.05, 3.63) is 88.2 Å². The second-order valence-electron chi connectivity index (χ2n) is 8.41. The van der Waals surface area contributed by atoms with E-state index in [4.69, 9.17) is 0 Å². The van der Waals surface area contributed by atoms with Gasteiger partial charge in [0.25, 0.3) is 0 Å². The van der Waals surface area contributed by atoms with E-state index in [1.807, 2.05) is 19.9 Å². The lowest BCUT2D eigenvalue weighted by atomic mass is 9.91. The van der Waals surface area contributed by atoms with E-state index in [1.165, 1.54) is 16.7 Å². The normalized spacial score (nSPS) is 14.7. The second-order valence-corrected chi connectivity index (χ2v) is 8.41. The minimum atomic E-state index is -0.565. The van der Waals surface area contributed by atoms with Crippen LogP contribution >= 0.6 is 0 Å². The molecule has 0 spiro atoms. The molecular formula is C25H30N4O. The molecule has 0 fully saturated rings. The SMILES string of the molecule is Cc1n[nH]c(C)c1CNC(=O)C1(N(C)CCc2ccccc2)Cc2ccccc2C1. The van der Waals surface area contributed by atoms with Crippen molar-refractivity contribution in [2.24, 2.45) is 0 Å². The summed E-state index contributed by atoms with van der Waals surface area (Å²) in [5.41, 5.74) is 6.29. The molecule has 0 saturated heterocycles. The van der Waals surface area contributed by atoms with E-state index in [0.29, 0.717) is 6.54 Å². The zero-order valence-corrected chi connectivity index (χ0v) is 18.0. The monoisotopic (exact) mass is 402 g/mol. The second kappa shape index (κ2) is 8.44. The molecule has 30 heavy (non-hydrogen) atoms. The van der Waals surface area contributed by atoms with Gasteiger partial charge in [0.1, 0.15) is 5.54 Å². The van der Waals surface area contributed by atoms with Crippen molar-refractivity contribution in [2.75, 3.05) is 13.6 Å². The third-order valence-corrected chi connectivity index (χ3v) is 6.52. The van der Waals surface area contributed by atoms with Crippen molar-refractivity contribution in [1.29, 1.82) is 0 Å². The first kappa shape index (κ1) is 20.4. The van der Waals surface area contributed by atoms with Crippen LogP contribution in [0.2, 0.25) is 0 Å². The summed E-state index contributed by atoms with van der Waals surface area (Å²) < 4.78 is 0. The summed E-state index contributed by atoms with van der Waals surface area (Å²) in [6.45, 7) is 5.29. The molecule has 1 heterocycles. The number of nitrogens with one attached hydrogen (secondary N) is 2. The largest absolute Gasteiger partial charge is 0.350 e. The van der Waals surface area contributed by atoms with Gasteiger partial charge in [-0.25, -0.2) is 0 Å². The van der Waals surface area contributed by atoms with Crippen LogP contribution in [0.5, 0.6) is 0 Å². The predicted molar refractivity (Wildman–Crippen MR) is 119 cm³/mol. The molecule has 5 heteroatoms. The highest BCUT2D eigenvalue weighted by Crippen LogP contribution is 2.34. The Bertz CT molecular complexity index is 980. The quantitative estimate of drug-likeness (QED) is 0.637. The summed E-state index contributed by atoms with van der Waals surface area (Å²) in [6, 6.07) is 18.9. The van der Waals surface area contributed by atoms with Gasteiger partial charge in [0.15, 0.2) is 0 Å². The first-order chi connectivity index (χ1) is 14.5. The molecule has 0 unspecified atom stereocenters. The number of likely N-dealkylation sites (N-methyl/N-ethyl adjacent to an activating group) is 1. The van der Waals surface area contributed by atoms with Crippen molar-refractivity contribution >= 4 is 5.91 Å². The third kappa shape index (κ3) is 3.90. The standard InChI is InChI=1S/C25H30N4O/c1-18-23(19(2)28-27-18)17-26-24(30)25(15-21-11-7-8-12-22(21)16-25)29(3)14-13-20-9-5-4-6-10-20/h4-12H,13-17H2,1-3H3,(H,26,30)(H,27,28). The lowest BCUT2D eigenvalue weighted by Crippen LogP contribution is -2.58. The number of aromatic amines is 1. The van der Waals surface area contributed by atoms with Crippen molar-refractivity contribution in [2.45, 2.75) is 45.2 Å². The molecule has 1 aromatic heterocycles. The number of hydrogen-bond acceptors (Lipinski definition) is 3. The van der Waals surface area contributed by atoms with E-state index >= 15 is 0 Å². The molecule has 2 N–H and O–H groups in total. The molecule has 0 bridgehead atoms. The van der Waals surface area contributed by atoms with E-state index in [1.54, 1.807) is 0 Å². The molecule has 0 aliphatic heterocycles. The number of benzene rings is 2. The van der Waals surface area contributed by atoms with E-state index in [9.17, 15) is 4.79 Å². The fourth-order valence-electron chi connectivity index (χ4n) is 4.52. The zero-order valence-electron chi connectivity index (χ0n) is 18.0. The molecule has 2 aromatic carbocycles. The van der Waals surface area contributed by atoms with Gasteiger partial charge < -0.3 is 5.32 Å². The highest BCUT2D eigenvalue weighted by atomic mass is 16.2. The first-order valence-electron chi connectivity index (χ1n) is 10.6. The molecule has 4 rings (SSSR count). The predicted octanol–water partition coefficient (Wildman–Crippen LogP) is 3.35. The number of carbonyl (C=O) groups is 1. The number of rotatable bonds is 7. The van der Waals surface area contributed by atoms with Gasteiger partial charge in [-0.2, -0.15) is 5.10 Å².